The minimum Gasteiger partial charge on any atom is -0.345 e. The molecule has 0 N–H and O–H groups in total. The first-order valence-corrected chi connectivity index (χ1v) is 8.11. The average Bonchev–Trinajstić information content (AvgIpc) is 2.68. The van der Waals surface area contributed by atoms with E-state index in [1.807, 2.05) is 0 Å². The van der Waals surface area contributed by atoms with Gasteiger partial charge in [0.15, 0.2) is 0 Å². The summed E-state index contributed by atoms with van der Waals surface area (Å²) in [7, 11) is 0. The third-order valence-corrected chi connectivity index (χ3v) is 3.85. The molecular weight excluding hydrogens is 375 g/mol. The zero-order valence-electron chi connectivity index (χ0n) is 14.4. The Balaban J connectivity index is 2.02. The number of hydrogen-bond donors (Lipinski definition) is 0. The third kappa shape index (κ3) is 4.58. The second kappa shape index (κ2) is 7.99. The molecule has 7 nitrogen and oxygen atoms in total. The van der Waals surface area contributed by atoms with Crippen molar-refractivity contribution in [1.82, 2.24) is 15.0 Å². The number of nitrogens with zero attached hydrogens (tertiary/aromatic N) is 5. The van der Waals surface area contributed by atoms with Crippen molar-refractivity contribution < 1.29 is 18.1 Å². The Morgan fingerprint density at radius 1 is 0.964 bits per heavy atom. The van der Waals surface area contributed by atoms with Crippen molar-refractivity contribution in [3.05, 3.63) is 88.1 Å². The number of rotatable bonds is 6. The molecule has 0 fully saturated rings. The second-order valence-corrected chi connectivity index (χ2v) is 5.81. The molecule has 10 heteroatoms. The van der Waals surface area contributed by atoms with Gasteiger partial charge in [-0.05, 0) is 30.3 Å². The van der Waals surface area contributed by atoms with Crippen LogP contribution < -0.4 is 4.90 Å². The Bertz CT molecular complexity index is 911. The van der Waals surface area contributed by atoms with Gasteiger partial charge in [-0.25, -0.2) is 4.98 Å². The summed E-state index contributed by atoms with van der Waals surface area (Å²) in [6.07, 6.45) is -1.12. The molecular formula is C18H14F3N5O2. The minimum atomic E-state index is -4.89. The first-order valence-electron chi connectivity index (χ1n) is 8.11. The van der Waals surface area contributed by atoms with Crippen molar-refractivity contribution in [3.8, 4) is 0 Å². The van der Waals surface area contributed by atoms with Gasteiger partial charge in [0.25, 0.3) is 5.69 Å². The molecule has 28 heavy (non-hydrogen) atoms. The van der Waals surface area contributed by atoms with E-state index in [9.17, 15) is 23.3 Å². The van der Waals surface area contributed by atoms with Gasteiger partial charge in [-0.3, -0.25) is 20.1 Å². The Hall–Kier alpha value is -3.56. The number of alkyl halides is 3. The van der Waals surface area contributed by atoms with Gasteiger partial charge in [0.05, 0.1) is 29.4 Å². The summed E-state index contributed by atoms with van der Waals surface area (Å²) in [5.74, 6) is -0.0609. The smallest absolute Gasteiger partial charge is 0.345 e. The first-order chi connectivity index (χ1) is 13.3. The van der Waals surface area contributed by atoms with E-state index >= 15 is 0 Å². The predicted molar refractivity (Wildman–Crippen MR) is 94.3 cm³/mol. The van der Waals surface area contributed by atoms with Crippen LogP contribution in [-0.2, 0) is 19.3 Å². The Labute approximate surface area is 157 Å². The maximum atomic E-state index is 13.3. The van der Waals surface area contributed by atoms with Gasteiger partial charge < -0.3 is 4.90 Å². The molecule has 3 rings (SSSR count). The molecule has 144 valence electrons. The Morgan fingerprint density at radius 3 is 1.96 bits per heavy atom. The third-order valence-electron chi connectivity index (χ3n) is 3.85. The maximum absolute atomic E-state index is 13.3. The van der Waals surface area contributed by atoms with E-state index in [4.69, 9.17) is 0 Å². The van der Waals surface area contributed by atoms with Crippen LogP contribution in [0.25, 0.3) is 0 Å². The molecule has 0 amide bonds. The van der Waals surface area contributed by atoms with Gasteiger partial charge in [0.1, 0.15) is 17.6 Å². The van der Waals surface area contributed by atoms with E-state index in [1.165, 1.54) is 4.90 Å². The Morgan fingerprint density at radius 2 is 1.54 bits per heavy atom. The predicted octanol–water partition coefficient (Wildman–Crippen LogP) is 4.01. The summed E-state index contributed by atoms with van der Waals surface area (Å²) in [6.45, 7) is 0.305. The fourth-order valence-corrected chi connectivity index (χ4v) is 2.57. The normalized spacial score (nSPS) is 11.2. The van der Waals surface area contributed by atoms with Crippen LogP contribution in [0.15, 0.2) is 61.1 Å². The Kier molecular flexibility index (Phi) is 5.48. The molecule has 0 spiro atoms. The van der Waals surface area contributed by atoms with Gasteiger partial charge in [0, 0.05) is 12.4 Å². The number of anilines is 1. The highest BCUT2D eigenvalue weighted by molar-refractivity contribution is 5.51. The lowest BCUT2D eigenvalue weighted by molar-refractivity contribution is -0.388. The highest BCUT2D eigenvalue weighted by Crippen LogP contribution is 2.37. The van der Waals surface area contributed by atoms with Gasteiger partial charge >= 0.3 is 6.18 Å². The summed E-state index contributed by atoms with van der Waals surface area (Å²) < 4.78 is 40.0. The van der Waals surface area contributed by atoms with Gasteiger partial charge in [-0.2, -0.15) is 13.2 Å². The van der Waals surface area contributed by atoms with Crippen LogP contribution in [0.1, 0.15) is 17.0 Å². The average molecular weight is 389 g/mol. The fourth-order valence-electron chi connectivity index (χ4n) is 2.57. The van der Waals surface area contributed by atoms with Crippen LogP contribution in [0.3, 0.4) is 0 Å². The van der Waals surface area contributed by atoms with E-state index in [0.717, 1.165) is 0 Å². The molecule has 0 bridgehead atoms. The van der Waals surface area contributed by atoms with Crippen LogP contribution in [0.5, 0.6) is 0 Å². The topological polar surface area (TPSA) is 85.0 Å². The quantitative estimate of drug-likeness (QED) is 0.468. The van der Waals surface area contributed by atoms with Gasteiger partial charge in [-0.1, -0.05) is 12.1 Å². The number of halogens is 3. The molecule has 0 aromatic carbocycles. The molecule has 0 unspecified atom stereocenters. The van der Waals surface area contributed by atoms with Crippen LogP contribution in [0, 0.1) is 10.1 Å². The molecule has 3 aromatic heterocycles. The van der Waals surface area contributed by atoms with Crippen molar-refractivity contribution in [2.75, 3.05) is 4.90 Å². The fraction of sp³-hybridized carbons (Fsp3) is 0.167. The molecule has 0 saturated heterocycles. The van der Waals surface area contributed by atoms with Crippen LogP contribution in [0.2, 0.25) is 0 Å². The molecule has 3 aromatic rings. The molecule has 0 radical (unpaired) electrons. The number of hydrogen-bond acceptors (Lipinski definition) is 6. The molecule has 0 aliphatic heterocycles. The van der Waals surface area contributed by atoms with E-state index in [-0.39, 0.29) is 18.9 Å². The molecule has 0 aliphatic carbocycles. The van der Waals surface area contributed by atoms with Crippen LogP contribution in [-0.4, -0.2) is 19.9 Å². The largest absolute Gasteiger partial charge is 0.423 e. The summed E-state index contributed by atoms with van der Waals surface area (Å²) in [5, 5.41) is 11.0. The molecule has 0 aliphatic rings. The van der Waals surface area contributed by atoms with Crippen LogP contribution >= 0.6 is 0 Å². The van der Waals surface area contributed by atoms with E-state index in [0.29, 0.717) is 23.7 Å². The first kappa shape index (κ1) is 19.2. The zero-order valence-corrected chi connectivity index (χ0v) is 14.4. The lowest BCUT2D eigenvalue weighted by Crippen LogP contribution is -2.25. The van der Waals surface area contributed by atoms with E-state index < -0.39 is 22.4 Å². The van der Waals surface area contributed by atoms with Crippen LogP contribution in [0.4, 0.5) is 24.7 Å². The number of aromatic nitrogens is 3. The maximum Gasteiger partial charge on any atom is 0.423 e. The summed E-state index contributed by atoms with van der Waals surface area (Å²) in [4.78, 5) is 23.7. The van der Waals surface area contributed by atoms with Crippen molar-refractivity contribution in [1.29, 1.82) is 0 Å². The highest BCUT2D eigenvalue weighted by atomic mass is 19.4. The van der Waals surface area contributed by atoms with Gasteiger partial charge in [-0.15, -0.1) is 0 Å². The van der Waals surface area contributed by atoms with Crippen molar-refractivity contribution in [3.63, 3.8) is 0 Å². The summed E-state index contributed by atoms with van der Waals surface area (Å²) in [6, 6.07) is 11.1. The second-order valence-electron chi connectivity index (χ2n) is 5.81. The molecule has 3 heterocycles. The molecule has 0 atom stereocenters. The summed E-state index contributed by atoms with van der Waals surface area (Å²) in [5.41, 5.74) is -1.24. The van der Waals surface area contributed by atoms with E-state index in [2.05, 4.69) is 15.0 Å². The standard InChI is InChI=1S/C18H14F3N5O2/c19-18(20,21)15-9-17(24-10-16(15)26(27)28)25(11-13-5-1-3-7-22-13)12-14-6-2-4-8-23-14/h1-10H,11-12H2. The van der Waals surface area contributed by atoms with E-state index in [1.54, 1.807) is 48.8 Å². The highest BCUT2D eigenvalue weighted by Gasteiger charge is 2.39. The minimum absolute atomic E-state index is 0.0609. The van der Waals surface area contributed by atoms with Crippen molar-refractivity contribution in [2.24, 2.45) is 0 Å². The van der Waals surface area contributed by atoms with Crippen molar-refractivity contribution >= 4 is 11.5 Å². The lowest BCUT2D eigenvalue weighted by Gasteiger charge is -2.24. The zero-order chi connectivity index (χ0) is 20.1. The van der Waals surface area contributed by atoms with Gasteiger partial charge in [0.2, 0.25) is 0 Å². The summed E-state index contributed by atoms with van der Waals surface area (Å²) >= 11 is 0. The molecule has 0 saturated carbocycles. The van der Waals surface area contributed by atoms with Crippen molar-refractivity contribution in [2.45, 2.75) is 19.3 Å². The monoisotopic (exact) mass is 389 g/mol. The number of pyridine rings is 3. The number of nitro groups is 1. The lowest BCUT2D eigenvalue weighted by atomic mass is 10.2. The SMILES string of the molecule is O=[N+]([O-])c1cnc(N(Cc2ccccn2)Cc2ccccn2)cc1C(F)(F)F.